The number of carbonyl (C=O) groups is 2. The third kappa shape index (κ3) is 5.36. The number of nitrogens with zero attached hydrogens (tertiary/aromatic N) is 1. The zero-order valence-corrected chi connectivity index (χ0v) is 19.4. The number of nitrogens with one attached hydrogen (secondary N) is 2. The number of fused-ring (bicyclic) bond motifs is 1. The van der Waals surface area contributed by atoms with Crippen molar-refractivity contribution in [2.24, 2.45) is 5.92 Å². The Labute approximate surface area is 194 Å². The van der Waals surface area contributed by atoms with E-state index in [2.05, 4.69) is 10.6 Å². The Kier molecular flexibility index (Phi) is 6.99. The fourth-order valence-electron chi connectivity index (χ4n) is 4.39. The van der Waals surface area contributed by atoms with Crippen LogP contribution < -0.4 is 15.4 Å². The molecular weight excluding hydrogens is 442 g/mol. The molecule has 0 unspecified atom stereocenters. The molecule has 8 nitrogen and oxygen atoms in total. The normalized spacial score (nSPS) is 19.4. The van der Waals surface area contributed by atoms with Gasteiger partial charge in [0.2, 0.25) is 21.8 Å². The Hall–Kier alpha value is -2.91. The van der Waals surface area contributed by atoms with E-state index >= 15 is 0 Å². The van der Waals surface area contributed by atoms with Crippen LogP contribution in [0.4, 0.5) is 5.69 Å². The van der Waals surface area contributed by atoms with Crippen molar-refractivity contribution in [3.05, 3.63) is 54.1 Å². The number of piperidine rings is 1. The van der Waals surface area contributed by atoms with Crippen LogP contribution in [0.5, 0.6) is 5.75 Å². The van der Waals surface area contributed by atoms with E-state index < -0.39 is 10.0 Å². The molecule has 4 rings (SSSR count). The maximum Gasteiger partial charge on any atom is 0.243 e. The average Bonchev–Trinajstić information content (AvgIpc) is 2.83. The molecule has 2 aliphatic heterocycles. The molecule has 0 radical (unpaired) electrons. The minimum absolute atomic E-state index is 0.0430. The van der Waals surface area contributed by atoms with Crippen LogP contribution in [-0.4, -0.2) is 50.8 Å². The quantitative estimate of drug-likeness (QED) is 0.646. The first kappa shape index (κ1) is 23.3. The first-order valence-electron chi connectivity index (χ1n) is 11.2. The number of methoxy groups -OCH3 is 1. The molecule has 2 heterocycles. The molecule has 2 amide bonds. The van der Waals surface area contributed by atoms with Crippen molar-refractivity contribution < 1.29 is 22.7 Å². The lowest BCUT2D eigenvalue weighted by Crippen LogP contribution is -2.46. The number of rotatable bonds is 7. The molecule has 0 aromatic heterocycles. The molecule has 2 aromatic rings. The van der Waals surface area contributed by atoms with Gasteiger partial charge in [-0.05, 0) is 61.6 Å². The van der Waals surface area contributed by atoms with Crippen molar-refractivity contribution >= 4 is 27.5 Å². The van der Waals surface area contributed by atoms with Gasteiger partial charge in [-0.3, -0.25) is 9.59 Å². The topological polar surface area (TPSA) is 105 Å². The number of ether oxygens (including phenoxy) is 1. The van der Waals surface area contributed by atoms with Crippen LogP contribution >= 0.6 is 0 Å². The average molecular weight is 472 g/mol. The lowest BCUT2D eigenvalue weighted by molar-refractivity contribution is -0.123. The van der Waals surface area contributed by atoms with E-state index in [1.807, 2.05) is 24.3 Å². The lowest BCUT2D eigenvalue weighted by atomic mass is 9.89. The van der Waals surface area contributed by atoms with E-state index in [4.69, 9.17) is 4.74 Å². The maximum absolute atomic E-state index is 12.9. The molecular formula is C24H29N3O5S. The second-order valence-corrected chi connectivity index (χ2v) is 10.4. The van der Waals surface area contributed by atoms with Gasteiger partial charge in [-0.25, -0.2) is 8.42 Å². The van der Waals surface area contributed by atoms with Crippen LogP contribution in [0.2, 0.25) is 0 Å². The molecule has 33 heavy (non-hydrogen) atoms. The third-order valence-electron chi connectivity index (χ3n) is 6.35. The van der Waals surface area contributed by atoms with Crippen LogP contribution in [0.15, 0.2) is 53.4 Å². The van der Waals surface area contributed by atoms with Crippen molar-refractivity contribution in [3.63, 3.8) is 0 Å². The van der Waals surface area contributed by atoms with Gasteiger partial charge in [-0.15, -0.1) is 0 Å². The summed E-state index contributed by atoms with van der Waals surface area (Å²) in [5.41, 5.74) is 1.94. The SMILES string of the molecule is COc1ccc(S(=O)(=O)N2CCC(NC(=O)CC[C@@H]3Cc4ccccc4NC3=O)CC2)cc1. The molecule has 1 fully saturated rings. The van der Waals surface area contributed by atoms with Gasteiger partial charge in [0.25, 0.3) is 0 Å². The molecule has 1 atom stereocenters. The predicted molar refractivity (Wildman–Crippen MR) is 124 cm³/mol. The van der Waals surface area contributed by atoms with Crippen LogP contribution in [0.1, 0.15) is 31.2 Å². The Balaban J connectivity index is 1.24. The first-order chi connectivity index (χ1) is 15.9. The first-order valence-corrected chi connectivity index (χ1v) is 12.6. The third-order valence-corrected chi connectivity index (χ3v) is 8.26. The Bertz CT molecular complexity index is 1110. The summed E-state index contributed by atoms with van der Waals surface area (Å²) in [4.78, 5) is 25.0. The second kappa shape index (κ2) is 9.93. The molecule has 2 aliphatic rings. The van der Waals surface area contributed by atoms with E-state index in [1.165, 1.54) is 11.4 Å². The van der Waals surface area contributed by atoms with Crippen molar-refractivity contribution in [3.8, 4) is 5.75 Å². The summed E-state index contributed by atoms with van der Waals surface area (Å²) in [6, 6.07) is 14.0. The fourth-order valence-corrected chi connectivity index (χ4v) is 5.86. The summed E-state index contributed by atoms with van der Waals surface area (Å²) in [5, 5.41) is 5.92. The smallest absolute Gasteiger partial charge is 0.243 e. The van der Waals surface area contributed by atoms with E-state index in [0.717, 1.165) is 11.3 Å². The number of amides is 2. The van der Waals surface area contributed by atoms with Crippen molar-refractivity contribution in [2.45, 2.75) is 43.0 Å². The maximum atomic E-state index is 12.9. The van der Waals surface area contributed by atoms with Gasteiger partial charge >= 0.3 is 0 Å². The number of para-hydroxylation sites is 1. The Morgan fingerprint density at radius 2 is 1.82 bits per heavy atom. The monoisotopic (exact) mass is 471 g/mol. The Morgan fingerprint density at radius 1 is 1.12 bits per heavy atom. The number of carbonyl (C=O) groups excluding carboxylic acids is 2. The van der Waals surface area contributed by atoms with E-state index in [9.17, 15) is 18.0 Å². The highest BCUT2D eigenvalue weighted by molar-refractivity contribution is 7.89. The molecule has 0 aliphatic carbocycles. The molecule has 2 aromatic carbocycles. The lowest BCUT2D eigenvalue weighted by Gasteiger charge is -2.31. The zero-order chi connectivity index (χ0) is 23.4. The van der Waals surface area contributed by atoms with Crippen LogP contribution in [0.25, 0.3) is 0 Å². The van der Waals surface area contributed by atoms with Crippen molar-refractivity contribution in [1.82, 2.24) is 9.62 Å². The van der Waals surface area contributed by atoms with E-state index in [-0.39, 0.29) is 35.1 Å². The summed E-state index contributed by atoms with van der Waals surface area (Å²) in [6.07, 6.45) is 2.50. The van der Waals surface area contributed by atoms with Gasteiger partial charge < -0.3 is 15.4 Å². The molecule has 0 bridgehead atoms. The highest BCUT2D eigenvalue weighted by Crippen LogP contribution is 2.28. The summed E-state index contributed by atoms with van der Waals surface area (Å²) in [5.74, 6) is 0.240. The van der Waals surface area contributed by atoms with Gasteiger partial charge in [-0.1, -0.05) is 18.2 Å². The largest absolute Gasteiger partial charge is 0.497 e. The molecule has 0 spiro atoms. The zero-order valence-electron chi connectivity index (χ0n) is 18.6. The predicted octanol–water partition coefficient (Wildman–Crippen LogP) is 2.56. The van der Waals surface area contributed by atoms with Crippen LogP contribution in [-0.2, 0) is 26.0 Å². The van der Waals surface area contributed by atoms with E-state index in [0.29, 0.717) is 44.5 Å². The van der Waals surface area contributed by atoms with E-state index in [1.54, 1.807) is 24.3 Å². The second-order valence-electron chi connectivity index (χ2n) is 8.51. The van der Waals surface area contributed by atoms with Crippen molar-refractivity contribution in [1.29, 1.82) is 0 Å². The molecule has 1 saturated heterocycles. The van der Waals surface area contributed by atoms with Crippen LogP contribution in [0.3, 0.4) is 0 Å². The van der Waals surface area contributed by atoms with Gasteiger partial charge in [0.1, 0.15) is 5.75 Å². The minimum Gasteiger partial charge on any atom is -0.497 e. The van der Waals surface area contributed by atoms with Gasteiger partial charge in [0.15, 0.2) is 0 Å². The molecule has 9 heteroatoms. The van der Waals surface area contributed by atoms with Gasteiger partial charge in [-0.2, -0.15) is 4.31 Å². The highest BCUT2D eigenvalue weighted by atomic mass is 32.2. The summed E-state index contributed by atoms with van der Waals surface area (Å²) in [6.45, 7) is 0.697. The number of hydrogen-bond acceptors (Lipinski definition) is 5. The molecule has 0 saturated carbocycles. The summed E-state index contributed by atoms with van der Waals surface area (Å²) in [7, 11) is -2.04. The molecule has 2 N–H and O–H groups in total. The number of anilines is 1. The number of benzene rings is 2. The molecule has 176 valence electrons. The minimum atomic E-state index is -3.57. The van der Waals surface area contributed by atoms with Crippen molar-refractivity contribution in [2.75, 3.05) is 25.5 Å². The van der Waals surface area contributed by atoms with Crippen LogP contribution in [0, 0.1) is 5.92 Å². The number of sulfonamides is 1. The number of hydrogen-bond donors (Lipinski definition) is 2. The fraction of sp³-hybridized carbons (Fsp3) is 0.417. The van der Waals surface area contributed by atoms with Gasteiger partial charge in [0, 0.05) is 37.2 Å². The summed E-state index contributed by atoms with van der Waals surface area (Å²) >= 11 is 0. The Morgan fingerprint density at radius 3 is 2.52 bits per heavy atom. The highest BCUT2D eigenvalue weighted by Gasteiger charge is 2.31. The van der Waals surface area contributed by atoms with Gasteiger partial charge in [0.05, 0.1) is 12.0 Å². The summed E-state index contributed by atoms with van der Waals surface area (Å²) < 4.78 is 32.3. The standard InChI is InChI=1S/C24H29N3O5S/c1-32-20-7-9-21(10-8-20)33(30,31)27-14-12-19(13-15-27)25-23(28)11-6-18-16-17-4-2-3-5-22(17)26-24(18)29/h2-5,7-10,18-19H,6,11-16H2,1H3,(H,25,28)(H,26,29)/t18-/m1/s1.